The highest BCUT2D eigenvalue weighted by Gasteiger charge is 2.36. The van der Waals surface area contributed by atoms with Crippen molar-refractivity contribution < 1.29 is 0 Å². The van der Waals surface area contributed by atoms with Gasteiger partial charge in [0.15, 0.2) is 0 Å². The minimum absolute atomic E-state index is 0.658. The topological polar surface area (TPSA) is 15.3 Å². The maximum Gasteiger partial charge on any atom is 0.0110 e. The Hall–Kier alpha value is -0.0800. The quantitative estimate of drug-likeness (QED) is 0.819. The fraction of sp³-hybridized carbons (Fsp3) is 1.00. The molecule has 0 aromatic rings. The predicted molar refractivity (Wildman–Crippen MR) is 92.6 cm³/mol. The summed E-state index contributed by atoms with van der Waals surface area (Å²) >= 11 is 0. The molecule has 2 fully saturated rings. The summed E-state index contributed by atoms with van der Waals surface area (Å²) in [6.07, 6.45) is 8.36. The van der Waals surface area contributed by atoms with E-state index < -0.39 is 0 Å². The zero-order valence-corrected chi connectivity index (χ0v) is 15.1. The molecule has 4 atom stereocenters. The second-order valence-electron chi connectivity index (χ2n) is 8.12. The average molecular weight is 295 g/mol. The number of rotatable bonds is 5. The Morgan fingerprint density at radius 2 is 1.67 bits per heavy atom. The number of hydrogen-bond acceptors (Lipinski definition) is 2. The maximum atomic E-state index is 3.62. The molecule has 0 bridgehead atoms. The molecule has 1 aliphatic heterocycles. The molecule has 0 radical (unpaired) electrons. The van der Waals surface area contributed by atoms with E-state index in [1.165, 1.54) is 58.2 Å². The van der Waals surface area contributed by atoms with Crippen molar-refractivity contribution in [3.05, 3.63) is 0 Å². The number of hydrogen-bond donors (Lipinski definition) is 1. The van der Waals surface area contributed by atoms with Gasteiger partial charge in [0.25, 0.3) is 0 Å². The standard InChI is InChI=1S/C19H38N2/c1-6-19(7-2)8-10-21(11-9-19)14-17-16(4)12-15(3)13-18(17)20-5/h15-18,20H,6-14H2,1-5H3. The van der Waals surface area contributed by atoms with E-state index in [4.69, 9.17) is 0 Å². The van der Waals surface area contributed by atoms with Crippen molar-refractivity contribution in [2.45, 2.75) is 72.3 Å². The zero-order chi connectivity index (χ0) is 15.5. The van der Waals surface area contributed by atoms with Crippen LogP contribution >= 0.6 is 0 Å². The van der Waals surface area contributed by atoms with Crippen molar-refractivity contribution in [1.82, 2.24) is 10.2 Å². The number of piperidine rings is 1. The monoisotopic (exact) mass is 294 g/mol. The van der Waals surface area contributed by atoms with Gasteiger partial charge in [-0.2, -0.15) is 0 Å². The van der Waals surface area contributed by atoms with E-state index in [1.807, 2.05) is 0 Å². The summed E-state index contributed by atoms with van der Waals surface area (Å²) in [6, 6.07) is 0.729. The summed E-state index contributed by atoms with van der Waals surface area (Å²) in [5, 5.41) is 3.62. The zero-order valence-electron chi connectivity index (χ0n) is 15.1. The highest BCUT2D eigenvalue weighted by atomic mass is 15.1. The summed E-state index contributed by atoms with van der Waals surface area (Å²) in [7, 11) is 2.16. The van der Waals surface area contributed by atoms with Gasteiger partial charge in [-0.25, -0.2) is 0 Å². The first kappa shape index (κ1) is 17.3. The van der Waals surface area contributed by atoms with Crippen LogP contribution in [0.5, 0.6) is 0 Å². The highest BCUT2D eigenvalue weighted by molar-refractivity contribution is 4.91. The van der Waals surface area contributed by atoms with Gasteiger partial charge in [-0.1, -0.05) is 40.5 Å². The third-order valence-corrected chi connectivity index (χ3v) is 6.93. The second-order valence-corrected chi connectivity index (χ2v) is 8.12. The number of nitrogens with zero attached hydrogens (tertiary/aromatic N) is 1. The summed E-state index contributed by atoms with van der Waals surface area (Å²) in [4.78, 5) is 2.77. The molecule has 2 rings (SSSR count). The molecule has 4 unspecified atom stereocenters. The van der Waals surface area contributed by atoms with Crippen molar-refractivity contribution in [1.29, 1.82) is 0 Å². The third kappa shape index (κ3) is 4.01. The molecule has 21 heavy (non-hydrogen) atoms. The highest BCUT2D eigenvalue weighted by Crippen LogP contribution is 2.39. The van der Waals surface area contributed by atoms with E-state index in [0.29, 0.717) is 5.41 Å². The Morgan fingerprint density at radius 1 is 1.05 bits per heavy atom. The SMILES string of the molecule is CCC1(CC)CCN(CC2C(C)CC(C)CC2NC)CC1. The molecule has 1 saturated carbocycles. The lowest BCUT2D eigenvalue weighted by Crippen LogP contribution is -2.50. The lowest BCUT2D eigenvalue weighted by atomic mass is 9.71. The Kier molecular flexibility index (Phi) is 6.14. The molecule has 0 amide bonds. The molecule has 0 aromatic carbocycles. The van der Waals surface area contributed by atoms with Crippen molar-refractivity contribution in [3.63, 3.8) is 0 Å². The van der Waals surface area contributed by atoms with Crippen LogP contribution in [0.4, 0.5) is 0 Å². The second kappa shape index (κ2) is 7.46. The van der Waals surface area contributed by atoms with E-state index in [9.17, 15) is 0 Å². The van der Waals surface area contributed by atoms with Gasteiger partial charge in [0.05, 0.1) is 0 Å². The van der Waals surface area contributed by atoms with Gasteiger partial charge in [-0.15, -0.1) is 0 Å². The van der Waals surface area contributed by atoms with Crippen molar-refractivity contribution in [2.24, 2.45) is 23.2 Å². The Balaban J connectivity index is 1.90. The Bertz CT molecular complexity index is 301. The van der Waals surface area contributed by atoms with Crippen molar-refractivity contribution in [2.75, 3.05) is 26.7 Å². The molecule has 1 heterocycles. The summed E-state index contributed by atoms with van der Waals surface area (Å²) in [5.74, 6) is 2.61. The molecular formula is C19H38N2. The van der Waals surface area contributed by atoms with Crippen LogP contribution < -0.4 is 5.32 Å². The Morgan fingerprint density at radius 3 is 2.19 bits per heavy atom. The van der Waals surface area contributed by atoms with E-state index in [1.54, 1.807) is 0 Å². The van der Waals surface area contributed by atoms with Crippen LogP contribution in [0.25, 0.3) is 0 Å². The largest absolute Gasteiger partial charge is 0.317 e. The van der Waals surface area contributed by atoms with Crippen LogP contribution in [0.15, 0.2) is 0 Å². The van der Waals surface area contributed by atoms with Gasteiger partial charge in [0.1, 0.15) is 0 Å². The smallest absolute Gasteiger partial charge is 0.0110 e. The molecule has 2 nitrogen and oxygen atoms in total. The fourth-order valence-corrected chi connectivity index (χ4v) is 5.01. The minimum Gasteiger partial charge on any atom is -0.317 e. The van der Waals surface area contributed by atoms with Crippen LogP contribution in [-0.2, 0) is 0 Å². The van der Waals surface area contributed by atoms with Crippen LogP contribution in [0.2, 0.25) is 0 Å². The van der Waals surface area contributed by atoms with Crippen LogP contribution in [0.3, 0.4) is 0 Å². The summed E-state index contributed by atoms with van der Waals surface area (Å²) in [6.45, 7) is 13.7. The van der Waals surface area contributed by atoms with Gasteiger partial charge >= 0.3 is 0 Å². The first-order valence-electron chi connectivity index (χ1n) is 9.43. The molecule has 2 aliphatic rings. The van der Waals surface area contributed by atoms with Gasteiger partial charge < -0.3 is 10.2 Å². The van der Waals surface area contributed by atoms with Gasteiger partial charge in [-0.05, 0) is 69.0 Å². The van der Waals surface area contributed by atoms with Crippen molar-refractivity contribution >= 4 is 0 Å². The van der Waals surface area contributed by atoms with Crippen LogP contribution in [0.1, 0.15) is 66.2 Å². The van der Waals surface area contributed by atoms with Gasteiger partial charge in [0.2, 0.25) is 0 Å². The van der Waals surface area contributed by atoms with E-state index in [0.717, 1.165) is 23.8 Å². The normalized spacial score (nSPS) is 37.6. The summed E-state index contributed by atoms with van der Waals surface area (Å²) in [5.41, 5.74) is 0.658. The van der Waals surface area contributed by atoms with E-state index >= 15 is 0 Å². The first-order valence-corrected chi connectivity index (χ1v) is 9.43. The molecular weight excluding hydrogens is 256 g/mol. The average Bonchev–Trinajstić information content (AvgIpc) is 2.50. The molecule has 1 aliphatic carbocycles. The third-order valence-electron chi connectivity index (χ3n) is 6.93. The molecule has 1 N–H and O–H groups in total. The van der Waals surface area contributed by atoms with Crippen molar-refractivity contribution in [3.8, 4) is 0 Å². The maximum absolute atomic E-state index is 3.62. The van der Waals surface area contributed by atoms with E-state index in [-0.39, 0.29) is 0 Å². The van der Waals surface area contributed by atoms with Gasteiger partial charge in [0, 0.05) is 12.6 Å². The van der Waals surface area contributed by atoms with Crippen LogP contribution in [0, 0.1) is 23.2 Å². The van der Waals surface area contributed by atoms with E-state index in [2.05, 4.69) is 45.0 Å². The molecule has 2 heteroatoms. The first-order chi connectivity index (χ1) is 10.0. The molecule has 0 spiro atoms. The number of likely N-dealkylation sites (tertiary alicyclic amines) is 1. The van der Waals surface area contributed by atoms with Crippen LogP contribution in [-0.4, -0.2) is 37.6 Å². The lowest BCUT2D eigenvalue weighted by Gasteiger charge is -2.46. The molecule has 0 aromatic heterocycles. The minimum atomic E-state index is 0.658. The Labute approximate surface area is 133 Å². The molecule has 124 valence electrons. The fourth-order valence-electron chi connectivity index (χ4n) is 5.01. The summed E-state index contributed by atoms with van der Waals surface area (Å²) < 4.78 is 0. The van der Waals surface area contributed by atoms with Gasteiger partial charge in [-0.3, -0.25) is 0 Å². The number of nitrogens with one attached hydrogen (secondary N) is 1. The predicted octanol–water partition coefficient (Wildman–Crippen LogP) is 4.16. The molecule has 1 saturated heterocycles. The lowest BCUT2D eigenvalue weighted by molar-refractivity contribution is 0.0523.